The second-order valence-electron chi connectivity index (χ2n) is 4.48. The Morgan fingerprint density at radius 3 is 2.47 bits per heavy atom. The number of aryl methyl sites for hydroxylation is 2. The molecule has 0 bridgehead atoms. The molecule has 98 valence electrons. The smallest absolute Gasteiger partial charge is 0.150 e. The van der Waals surface area contributed by atoms with Crippen LogP contribution in [0.2, 0.25) is 0 Å². The number of anilines is 2. The van der Waals surface area contributed by atoms with Crippen LogP contribution in [0.3, 0.4) is 0 Å². The number of hydrogen-bond donors (Lipinski definition) is 1. The van der Waals surface area contributed by atoms with Crippen LogP contribution in [0.25, 0.3) is 0 Å². The minimum atomic E-state index is 0.844. The second kappa shape index (κ2) is 6.52. The van der Waals surface area contributed by atoms with Crippen LogP contribution in [0, 0.1) is 6.92 Å². The largest absolute Gasteiger partial charge is 0.394 e. The third kappa shape index (κ3) is 3.14. The molecule has 0 atom stereocenters. The Bertz CT molecular complexity index is 343. The first-order valence-corrected chi connectivity index (χ1v) is 6.73. The van der Waals surface area contributed by atoms with Crippen LogP contribution in [-0.4, -0.2) is 22.9 Å². The van der Waals surface area contributed by atoms with Crippen molar-refractivity contribution in [3.63, 3.8) is 0 Å². The molecule has 0 saturated carbocycles. The van der Waals surface area contributed by atoms with Crippen LogP contribution in [0.15, 0.2) is 0 Å². The van der Waals surface area contributed by atoms with E-state index in [1.165, 1.54) is 12.8 Å². The van der Waals surface area contributed by atoms with Gasteiger partial charge in [0.05, 0.1) is 11.4 Å². The van der Waals surface area contributed by atoms with Crippen molar-refractivity contribution in [2.75, 3.05) is 23.7 Å². The molecule has 1 heterocycles. The average Bonchev–Trinajstić information content (AvgIpc) is 2.58. The highest BCUT2D eigenvalue weighted by molar-refractivity contribution is 5.66. The molecule has 0 aliphatic heterocycles. The number of nitrogen functional groups attached to an aromatic ring is 1. The summed E-state index contributed by atoms with van der Waals surface area (Å²) in [6.07, 6.45) is 3.49. The molecule has 0 unspecified atom stereocenters. The van der Waals surface area contributed by atoms with Crippen molar-refractivity contribution in [1.82, 2.24) is 9.78 Å². The number of rotatable bonds is 7. The predicted octanol–water partition coefficient (Wildman–Crippen LogP) is 2.81. The molecule has 0 aliphatic rings. The lowest BCUT2D eigenvalue weighted by atomic mass is 10.3. The highest BCUT2D eigenvalue weighted by Gasteiger charge is 2.17. The zero-order valence-corrected chi connectivity index (χ0v) is 11.7. The molecule has 1 aromatic heterocycles. The van der Waals surface area contributed by atoms with Crippen molar-refractivity contribution in [3.05, 3.63) is 5.69 Å². The lowest BCUT2D eigenvalue weighted by Gasteiger charge is -2.24. The summed E-state index contributed by atoms with van der Waals surface area (Å²) >= 11 is 0. The fraction of sp³-hybridized carbons (Fsp3) is 0.769. The van der Waals surface area contributed by atoms with Crippen molar-refractivity contribution in [2.24, 2.45) is 0 Å². The highest BCUT2D eigenvalue weighted by atomic mass is 15.4. The summed E-state index contributed by atoms with van der Waals surface area (Å²) in [5.41, 5.74) is 7.95. The molecule has 0 spiro atoms. The summed E-state index contributed by atoms with van der Waals surface area (Å²) in [5.74, 6) is 1.11. The van der Waals surface area contributed by atoms with E-state index in [-0.39, 0.29) is 0 Å². The molecule has 0 aromatic carbocycles. The number of hydrogen-bond acceptors (Lipinski definition) is 3. The molecule has 1 aromatic rings. The number of nitrogens with zero attached hydrogens (tertiary/aromatic N) is 3. The lowest BCUT2D eigenvalue weighted by Crippen LogP contribution is -2.27. The topological polar surface area (TPSA) is 47.1 Å². The first-order chi connectivity index (χ1) is 8.15. The number of nitrogens with two attached hydrogens (primary N) is 1. The van der Waals surface area contributed by atoms with Crippen LogP contribution in [0.5, 0.6) is 0 Å². The molecule has 17 heavy (non-hydrogen) atoms. The monoisotopic (exact) mass is 238 g/mol. The van der Waals surface area contributed by atoms with Gasteiger partial charge in [0, 0.05) is 19.6 Å². The standard InChI is InChI=1S/C13H26N4/c1-5-8-10-16(7-3)13-12(14)11(4)15-17(13)9-6-2/h5-10,14H2,1-4H3. The lowest BCUT2D eigenvalue weighted by molar-refractivity contribution is 0.582. The van der Waals surface area contributed by atoms with E-state index < -0.39 is 0 Å². The summed E-state index contributed by atoms with van der Waals surface area (Å²) in [7, 11) is 0. The maximum absolute atomic E-state index is 6.16. The highest BCUT2D eigenvalue weighted by Crippen LogP contribution is 2.26. The van der Waals surface area contributed by atoms with Gasteiger partial charge in [0.1, 0.15) is 0 Å². The molecule has 1 rings (SSSR count). The minimum Gasteiger partial charge on any atom is -0.394 e. The summed E-state index contributed by atoms with van der Waals surface area (Å²) in [6.45, 7) is 11.5. The normalized spacial score (nSPS) is 10.8. The molecule has 0 aliphatic carbocycles. The Morgan fingerprint density at radius 1 is 1.24 bits per heavy atom. The van der Waals surface area contributed by atoms with Crippen LogP contribution in [0.1, 0.15) is 45.7 Å². The average molecular weight is 238 g/mol. The van der Waals surface area contributed by atoms with Crippen molar-refractivity contribution < 1.29 is 0 Å². The van der Waals surface area contributed by atoms with Gasteiger partial charge >= 0.3 is 0 Å². The molecule has 0 radical (unpaired) electrons. The Labute approximate surface area is 105 Å². The summed E-state index contributed by atoms with van der Waals surface area (Å²) < 4.78 is 2.06. The van der Waals surface area contributed by atoms with E-state index in [0.717, 1.165) is 43.3 Å². The first-order valence-electron chi connectivity index (χ1n) is 6.73. The molecule has 0 fully saturated rings. The molecular weight excluding hydrogens is 212 g/mol. The zero-order chi connectivity index (χ0) is 12.8. The van der Waals surface area contributed by atoms with Crippen molar-refractivity contribution in [1.29, 1.82) is 0 Å². The van der Waals surface area contributed by atoms with Gasteiger partial charge < -0.3 is 10.6 Å². The van der Waals surface area contributed by atoms with Gasteiger partial charge in [-0.05, 0) is 26.7 Å². The molecular formula is C13H26N4. The molecule has 0 saturated heterocycles. The van der Waals surface area contributed by atoms with Crippen molar-refractivity contribution in [2.45, 2.75) is 53.5 Å². The van der Waals surface area contributed by atoms with Gasteiger partial charge in [-0.25, -0.2) is 4.68 Å². The van der Waals surface area contributed by atoms with Gasteiger partial charge in [-0.2, -0.15) is 5.10 Å². The van der Waals surface area contributed by atoms with Gasteiger partial charge in [-0.3, -0.25) is 0 Å². The zero-order valence-electron chi connectivity index (χ0n) is 11.7. The summed E-state index contributed by atoms with van der Waals surface area (Å²) in [6, 6.07) is 0. The molecule has 2 N–H and O–H groups in total. The molecule has 4 nitrogen and oxygen atoms in total. The quantitative estimate of drug-likeness (QED) is 0.794. The van der Waals surface area contributed by atoms with Crippen LogP contribution in [0.4, 0.5) is 11.5 Å². The van der Waals surface area contributed by atoms with Gasteiger partial charge in [0.25, 0.3) is 0 Å². The van der Waals surface area contributed by atoms with E-state index in [1.807, 2.05) is 6.92 Å². The molecule has 0 amide bonds. The second-order valence-corrected chi connectivity index (χ2v) is 4.48. The number of unbranched alkanes of at least 4 members (excludes halogenated alkanes) is 1. The Kier molecular flexibility index (Phi) is 5.32. The minimum absolute atomic E-state index is 0.844. The third-order valence-corrected chi connectivity index (χ3v) is 3.04. The van der Waals surface area contributed by atoms with E-state index in [1.54, 1.807) is 0 Å². The van der Waals surface area contributed by atoms with E-state index in [0.29, 0.717) is 0 Å². The Balaban J connectivity index is 2.98. The Hall–Kier alpha value is -1.19. The van der Waals surface area contributed by atoms with E-state index >= 15 is 0 Å². The van der Waals surface area contributed by atoms with Crippen LogP contribution >= 0.6 is 0 Å². The van der Waals surface area contributed by atoms with Gasteiger partial charge in [0.15, 0.2) is 5.82 Å². The first kappa shape index (κ1) is 13.9. The third-order valence-electron chi connectivity index (χ3n) is 3.04. The maximum atomic E-state index is 6.16. The van der Waals surface area contributed by atoms with E-state index in [2.05, 4.69) is 35.5 Å². The van der Waals surface area contributed by atoms with Gasteiger partial charge in [-0.15, -0.1) is 0 Å². The number of aromatic nitrogens is 2. The van der Waals surface area contributed by atoms with Crippen molar-refractivity contribution >= 4 is 11.5 Å². The van der Waals surface area contributed by atoms with Crippen LogP contribution < -0.4 is 10.6 Å². The Morgan fingerprint density at radius 2 is 1.94 bits per heavy atom. The predicted molar refractivity (Wildman–Crippen MR) is 74.5 cm³/mol. The van der Waals surface area contributed by atoms with Gasteiger partial charge in [0.2, 0.25) is 0 Å². The van der Waals surface area contributed by atoms with Gasteiger partial charge in [-0.1, -0.05) is 20.3 Å². The SMILES string of the molecule is CCCCN(CC)c1c(N)c(C)nn1CCC. The summed E-state index contributed by atoms with van der Waals surface area (Å²) in [4.78, 5) is 2.34. The molecule has 4 heteroatoms. The van der Waals surface area contributed by atoms with Crippen molar-refractivity contribution in [3.8, 4) is 0 Å². The van der Waals surface area contributed by atoms with E-state index in [9.17, 15) is 0 Å². The fourth-order valence-corrected chi connectivity index (χ4v) is 2.05. The maximum Gasteiger partial charge on any atom is 0.150 e. The van der Waals surface area contributed by atoms with Crippen LogP contribution in [-0.2, 0) is 6.54 Å². The summed E-state index contributed by atoms with van der Waals surface area (Å²) in [5, 5.41) is 4.53. The fourth-order valence-electron chi connectivity index (χ4n) is 2.05. The van der Waals surface area contributed by atoms with E-state index in [4.69, 9.17) is 5.73 Å².